The smallest absolute Gasteiger partial charge is 0.235 e. The van der Waals surface area contributed by atoms with Crippen LogP contribution in [0.15, 0.2) is 42.4 Å². The molecule has 0 saturated carbocycles. The first-order chi connectivity index (χ1) is 15.5. The van der Waals surface area contributed by atoms with Crippen LogP contribution in [0.1, 0.15) is 22.3 Å². The fraction of sp³-hybridized carbons (Fsp3) is 0.333. The predicted molar refractivity (Wildman–Crippen MR) is 121 cm³/mol. The fourth-order valence-corrected chi connectivity index (χ4v) is 4.39. The molecule has 2 aliphatic heterocycles. The number of pyridine rings is 1. The highest BCUT2D eigenvalue weighted by molar-refractivity contribution is 6.16. The van der Waals surface area contributed by atoms with Gasteiger partial charge in [0.25, 0.3) is 0 Å². The number of piperazine rings is 1. The van der Waals surface area contributed by atoms with Crippen molar-refractivity contribution in [2.24, 2.45) is 0 Å². The molecule has 0 atom stereocenters. The summed E-state index contributed by atoms with van der Waals surface area (Å²) in [5.74, 6) is -0.579. The van der Waals surface area contributed by atoms with Crippen molar-refractivity contribution in [3.63, 3.8) is 0 Å². The monoisotopic (exact) mass is 434 g/mol. The van der Waals surface area contributed by atoms with Gasteiger partial charge in [-0.2, -0.15) is 0 Å². The third-order valence-electron chi connectivity index (χ3n) is 6.16. The third-order valence-corrected chi connectivity index (χ3v) is 6.16. The number of phenolic OH excluding ortho intramolecular Hbond substituents is 2. The van der Waals surface area contributed by atoms with Crippen molar-refractivity contribution in [1.82, 2.24) is 19.4 Å². The predicted octanol–water partition coefficient (Wildman–Crippen LogP) is 2.70. The zero-order chi connectivity index (χ0) is 22.2. The molecule has 8 nitrogen and oxygen atoms in total. The standard InChI is InChI=1S/C24H26N4O4/c1-26-8-10-27(11-9-26)6-3-7-28-15-16(18-4-2-5-25-24(18)28)12-21-23(31)22-19(30)13-17(29)14-20(22)32-21/h2,4-5,12-15,29-30H,3,6-11H2,1H3/b21-12-. The highest BCUT2D eigenvalue weighted by Crippen LogP contribution is 2.41. The van der Waals surface area contributed by atoms with Crippen molar-refractivity contribution in [2.45, 2.75) is 13.0 Å². The zero-order valence-electron chi connectivity index (χ0n) is 18.0. The van der Waals surface area contributed by atoms with Gasteiger partial charge in [0.15, 0.2) is 5.76 Å². The maximum atomic E-state index is 12.8. The van der Waals surface area contributed by atoms with E-state index in [0.717, 1.165) is 68.4 Å². The minimum absolute atomic E-state index is 0.0723. The molecule has 0 bridgehead atoms. The van der Waals surface area contributed by atoms with E-state index in [-0.39, 0.29) is 28.6 Å². The molecule has 5 rings (SSSR count). The average molecular weight is 434 g/mol. The van der Waals surface area contributed by atoms with Crippen LogP contribution < -0.4 is 4.74 Å². The van der Waals surface area contributed by atoms with Crippen LogP contribution in [0.3, 0.4) is 0 Å². The lowest BCUT2D eigenvalue weighted by Gasteiger charge is -2.32. The number of carbonyl (C=O) groups excluding carboxylic acids is 1. The minimum Gasteiger partial charge on any atom is -0.508 e. The van der Waals surface area contributed by atoms with Crippen molar-refractivity contribution in [1.29, 1.82) is 0 Å². The summed E-state index contributed by atoms with van der Waals surface area (Å²) in [5, 5.41) is 20.7. The molecule has 0 aliphatic carbocycles. The van der Waals surface area contributed by atoms with E-state index >= 15 is 0 Å². The average Bonchev–Trinajstić information content (AvgIpc) is 3.27. The number of benzene rings is 1. The molecule has 0 unspecified atom stereocenters. The topological polar surface area (TPSA) is 91.1 Å². The maximum absolute atomic E-state index is 12.8. The van der Waals surface area contributed by atoms with Gasteiger partial charge < -0.3 is 29.3 Å². The number of aromatic nitrogens is 2. The Kier molecular flexibility index (Phi) is 5.32. The third kappa shape index (κ3) is 3.83. The quantitative estimate of drug-likeness (QED) is 0.597. The number of hydrogen-bond donors (Lipinski definition) is 2. The molecule has 2 N–H and O–H groups in total. The number of ketones is 1. The maximum Gasteiger partial charge on any atom is 0.235 e. The molecule has 2 aromatic heterocycles. The first-order valence-corrected chi connectivity index (χ1v) is 10.8. The van der Waals surface area contributed by atoms with Crippen LogP contribution >= 0.6 is 0 Å². The van der Waals surface area contributed by atoms with Crippen LogP contribution in [0.25, 0.3) is 17.1 Å². The zero-order valence-corrected chi connectivity index (χ0v) is 18.0. The molecular weight excluding hydrogens is 408 g/mol. The molecule has 4 heterocycles. The summed E-state index contributed by atoms with van der Waals surface area (Å²) in [5.41, 5.74) is 1.76. The van der Waals surface area contributed by atoms with E-state index in [0.29, 0.717) is 0 Å². The van der Waals surface area contributed by atoms with Gasteiger partial charge in [-0.3, -0.25) is 4.79 Å². The Balaban J connectivity index is 1.37. The molecule has 0 spiro atoms. The van der Waals surface area contributed by atoms with Crippen LogP contribution in [0.2, 0.25) is 0 Å². The highest BCUT2D eigenvalue weighted by atomic mass is 16.5. The molecule has 8 heteroatoms. The summed E-state index contributed by atoms with van der Waals surface area (Å²) in [4.78, 5) is 22.2. The van der Waals surface area contributed by atoms with Crippen molar-refractivity contribution < 1.29 is 19.7 Å². The van der Waals surface area contributed by atoms with E-state index in [1.807, 2.05) is 18.3 Å². The first-order valence-electron chi connectivity index (χ1n) is 10.8. The number of carbonyl (C=O) groups is 1. The molecule has 2 aliphatic rings. The number of aryl methyl sites for hydroxylation is 1. The SMILES string of the molecule is CN1CCN(CCCn2cc(/C=C3\Oc4cc(O)cc(O)c4C3=O)c3cccnc32)CC1. The van der Waals surface area contributed by atoms with E-state index in [2.05, 4.69) is 26.4 Å². The van der Waals surface area contributed by atoms with Gasteiger partial charge in [0.1, 0.15) is 28.5 Å². The second-order valence-electron chi connectivity index (χ2n) is 8.43. The van der Waals surface area contributed by atoms with E-state index in [1.54, 1.807) is 12.3 Å². The fourth-order valence-electron chi connectivity index (χ4n) is 4.39. The normalized spacial score (nSPS) is 18.4. The Hall–Kier alpha value is -3.36. The van der Waals surface area contributed by atoms with Gasteiger partial charge in [-0.15, -0.1) is 0 Å². The molecule has 32 heavy (non-hydrogen) atoms. The number of aromatic hydroxyl groups is 2. The number of rotatable bonds is 5. The van der Waals surface area contributed by atoms with E-state index in [4.69, 9.17) is 4.74 Å². The van der Waals surface area contributed by atoms with Gasteiger partial charge in [0, 0.05) is 68.2 Å². The van der Waals surface area contributed by atoms with Crippen LogP contribution in [0.4, 0.5) is 0 Å². The Morgan fingerprint density at radius 2 is 1.97 bits per heavy atom. The van der Waals surface area contributed by atoms with Crippen LogP contribution in [-0.4, -0.2) is 75.1 Å². The summed E-state index contributed by atoms with van der Waals surface area (Å²) >= 11 is 0. The van der Waals surface area contributed by atoms with Crippen molar-refractivity contribution in [2.75, 3.05) is 39.8 Å². The van der Waals surface area contributed by atoms with E-state index in [9.17, 15) is 15.0 Å². The number of allylic oxidation sites excluding steroid dienone is 1. The van der Waals surface area contributed by atoms with Gasteiger partial charge >= 0.3 is 0 Å². The number of phenols is 2. The Bertz CT molecular complexity index is 1210. The minimum atomic E-state index is -0.405. The Morgan fingerprint density at radius 1 is 1.16 bits per heavy atom. The van der Waals surface area contributed by atoms with Gasteiger partial charge in [0.05, 0.1) is 0 Å². The molecule has 1 saturated heterocycles. The second-order valence-corrected chi connectivity index (χ2v) is 8.43. The number of ether oxygens (including phenoxy) is 1. The molecule has 0 radical (unpaired) electrons. The largest absolute Gasteiger partial charge is 0.508 e. The summed E-state index contributed by atoms with van der Waals surface area (Å²) in [6, 6.07) is 6.31. The number of Topliss-reactive ketones (excluding diaryl/α,β-unsaturated/α-hetero) is 1. The van der Waals surface area contributed by atoms with Gasteiger partial charge in [0.2, 0.25) is 5.78 Å². The number of likely N-dealkylation sites (N-methyl/N-ethyl adjacent to an activating group) is 1. The Labute approximate surface area is 186 Å². The van der Waals surface area contributed by atoms with Crippen molar-refractivity contribution in [3.8, 4) is 17.2 Å². The molecule has 3 aromatic rings. The highest BCUT2D eigenvalue weighted by Gasteiger charge is 2.31. The molecular formula is C24H26N4O4. The van der Waals surface area contributed by atoms with Crippen LogP contribution in [-0.2, 0) is 6.54 Å². The number of hydrogen-bond acceptors (Lipinski definition) is 7. The number of nitrogens with zero attached hydrogens (tertiary/aromatic N) is 4. The number of fused-ring (bicyclic) bond motifs is 2. The summed E-state index contributed by atoms with van der Waals surface area (Å²) in [6.07, 6.45) is 6.45. The lowest BCUT2D eigenvalue weighted by Crippen LogP contribution is -2.44. The van der Waals surface area contributed by atoms with Crippen LogP contribution in [0, 0.1) is 0 Å². The van der Waals surface area contributed by atoms with Crippen molar-refractivity contribution in [3.05, 3.63) is 53.5 Å². The lowest BCUT2D eigenvalue weighted by molar-refractivity contribution is 0.101. The molecule has 1 aromatic carbocycles. The van der Waals surface area contributed by atoms with Gasteiger partial charge in [-0.1, -0.05) is 0 Å². The first kappa shape index (κ1) is 20.5. The summed E-state index contributed by atoms with van der Waals surface area (Å²) in [7, 11) is 2.16. The van der Waals surface area contributed by atoms with E-state index in [1.165, 1.54) is 6.07 Å². The summed E-state index contributed by atoms with van der Waals surface area (Å²) in [6.45, 7) is 6.27. The van der Waals surface area contributed by atoms with Gasteiger partial charge in [-0.25, -0.2) is 4.98 Å². The van der Waals surface area contributed by atoms with Gasteiger partial charge in [-0.05, 0) is 38.2 Å². The molecule has 0 amide bonds. The molecule has 166 valence electrons. The lowest BCUT2D eigenvalue weighted by atomic mass is 10.1. The summed E-state index contributed by atoms with van der Waals surface area (Å²) < 4.78 is 7.78. The Morgan fingerprint density at radius 3 is 2.78 bits per heavy atom. The van der Waals surface area contributed by atoms with Crippen molar-refractivity contribution >= 4 is 22.9 Å². The van der Waals surface area contributed by atoms with Crippen LogP contribution in [0.5, 0.6) is 17.2 Å². The molecule has 1 fully saturated rings. The second kappa shape index (κ2) is 8.29. The van der Waals surface area contributed by atoms with E-state index < -0.39 is 5.78 Å².